The molecule has 0 aliphatic heterocycles. The first kappa shape index (κ1) is 13.5. The summed E-state index contributed by atoms with van der Waals surface area (Å²) in [6, 6.07) is 0.486. The molecule has 1 saturated carbocycles. The van der Waals surface area contributed by atoms with Crippen LogP contribution >= 0.6 is 0 Å². The van der Waals surface area contributed by atoms with E-state index < -0.39 is 0 Å². The standard InChI is InChI=1S/C12H24N2O2/c1-14(2)12(15)5-4-8-13-11(9-16-3)10-6-7-10/h10-11,13H,4-9H2,1-3H3. The largest absolute Gasteiger partial charge is 0.383 e. The zero-order chi connectivity index (χ0) is 12.0. The number of hydrogen-bond donors (Lipinski definition) is 1. The summed E-state index contributed by atoms with van der Waals surface area (Å²) in [5.41, 5.74) is 0. The molecule has 0 aromatic carbocycles. The molecule has 1 atom stereocenters. The van der Waals surface area contributed by atoms with Crippen LogP contribution in [0.4, 0.5) is 0 Å². The van der Waals surface area contributed by atoms with E-state index in [1.165, 1.54) is 12.8 Å². The Kier molecular flexibility index (Phi) is 5.77. The summed E-state index contributed by atoms with van der Waals surface area (Å²) in [5, 5.41) is 3.48. The minimum Gasteiger partial charge on any atom is -0.383 e. The Morgan fingerprint density at radius 2 is 2.19 bits per heavy atom. The number of amides is 1. The van der Waals surface area contributed by atoms with E-state index in [9.17, 15) is 4.79 Å². The van der Waals surface area contributed by atoms with Crippen molar-refractivity contribution < 1.29 is 9.53 Å². The SMILES string of the molecule is COCC(NCCCC(=O)N(C)C)C1CC1. The number of rotatable bonds is 8. The van der Waals surface area contributed by atoms with Crippen LogP contribution in [0.25, 0.3) is 0 Å². The summed E-state index contributed by atoms with van der Waals surface area (Å²) in [4.78, 5) is 13.0. The predicted molar refractivity (Wildman–Crippen MR) is 64.3 cm³/mol. The van der Waals surface area contributed by atoms with Crippen molar-refractivity contribution in [1.29, 1.82) is 0 Å². The molecule has 1 aliphatic carbocycles. The number of ether oxygens (including phenoxy) is 1. The molecule has 4 heteroatoms. The van der Waals surface area contributed by atoms with Crippen molar-refractivity contribution in [3.05, 3.63) is 0 Å². The molecule has 1 rings (SSSR count). The van der Waals surface area contributed by atoms with Gasteiger partial charge in [0.05, 0.1) is 6.61 Å². The van der Waals surface area contributed by atoms with E-state index in [1.54, 1.807) is 26.1 Å². The molecule has 0 radical (unpaired) electrons. The van der Waals surface area contributed by atoms with E-state index >= 15 is 0 Å². The topological polar surface area (TPSA) is 41.6 Å². The lowest BCUT2D eigenvalue weighted by atomic mass is 10.2. The fourth-order valence-electron chi connectivity index (χ4n) is 1.79. The van der Waals surface area contributed by atoms with Gasteiger partial charge in [0.25, 0.3) is 0 Å². The molecule has 0 heterocycles. The molecule has 16 heavy (non-hydrogen) atoms. The van der Waals surface area contributed by atoms with E-state index in [-0.39, 0.29) is 5.91 Å². The molecule has 0 saturated heterocycles. The lowest BCUT2D eigenvalue weighted by molar-refractivity contribution is -0.128. The maximum Gasteiger partial charge on any atom is 0.222 e. The van der Waals surface area contributed by atoms with Crippen molar-refractivity contribution in [2.45, 2.75) is 31.7 Å². The van der Waals surface area contributed by atoms with Crippen LogP contribution in [-0.4, -0.2) is 51.2 Å². The molecule has 94 valence electrons. The molecule has 1 unspecified atom stereocenters. The van der Waals surface area contributed by atoms with Crippen molar-refractivity contribution in [2.24, 2.45) is 5.92 Å². The van der Waals surface area contributed by atoms with Crippen LogP contribution in [-0.2, 0) is 9.53 Å². The molecule has 1 fully saturated rings. The average Bonchev–Trinajstić information content (AvgIpc) is 3.05. The zero-order valence-electron chi connectivity index (χ0n) is 10.7. The zero-order valence-corrected chi connectivity index (χ0v) is 10.7. The molecule has 1 aliphatic rings. The molecule has 4 nitrogen and oxygen atoms in total. The van der Waals surface area contributed by atoms with Gasteiger partial charge in [-0.15, -0.1) is 0 Å². The van der Waals surface area contributed by atoms with Crippen molar-refractivity contribution in [1.82, 2.24) is 10.2 Å². The Hall–Kier alpha value is -0.610. The van der Waals surface area contributed by atoms with Crippen LogP contribution in [0.1, 0.15) is 25.7 Å². The van der Waals surface area contributed by atoms with Gasteiger partial charge in [-0.2, -0.15) is 0 Å². The average molecular weight is 228 g/mol. The first-order valence-electron chi connectivity index (χ1n) is 6.07. The molecule has 1 N–H and O–H groups in total. The minimum atomic E-state index is 0.205. The molecule has 0 aromatic heterocycles. The summed E-state index contributed by atoms with van der Waals surface area (Å²) in [7, 11) is 5.34. The van der Waals surface area contributed by atoms with Gasteiger partial charge in [0, 0.05) is 33.7 Å². The second-order valence-electron chi connectivity index (χ2n) is 4.75. The smallest absolute Gasteiger partial charge is 0.222 e. The maximum absolute atomic E-state index is 11.3. The van der Waals surface area contributed by atoms with Gasteiger partial charge >= 0.3 is 0 Å². The van der Waals surface area contributed by atoms with Gasteiger partial charge in [0.15, 0.2) is 0 Å². The molecular formula is C12H24N2O2. The van der Waals surface area contributed by atoms with E-state index in [1.807, 2.05) is 0 Å². The van der Waals surface area contributed by atoms with Crippen LogP contribution in [0.3, 0.4) is 0 Å². The lowest BCUT2D eigenvalue weighted by Gasteiger charge is -2.17. The Bertz CT molecular complexity index is 215. The van der Waals surface area contributed by atoms with Gasteiger partial charge in [-0.05, 0) is 31.7 Å². The van der Waals surface area contributed by atoms with Crippen LogP contribution in [0, 0.1) is 5.92 Å². The van der Waals surface area contributed by atoms with Crippen LogP contribution in [0.15, 0.2) is 0 Å². The van der Waals surface area contributed by atoms with Crippen LogP contribution < -0.4 is 5.32 Å². The normalized spacial score (nSPS) is 17.2. The van der Waals surface area contributed by atoms with Crippen LogP contribution in [0.5, 0.6) is 0 Å². The second-order valence-corrected chi connectivity index (χ2v) is 4.75. The Balaban J connectivity index is 2.06. The van der Waals surface area contributed by atoms with E-state index in [0.717, 1.165) is 25.5 Å². The number of nitrogens with one attached hydrogen (secondary N) is 1. The van der Waals surface area contributed by atoms with Gasteiger partial charge in [-0.25, -0.2) is 0 Å². The minimum absolute atomic E-state index is 0.205. The highest BCUT2D eigenvalue weighted by Crippen LogP contribution is 2.32. The van der Waals surface area contributed by atoms with Gasteiger partial charge < -0.3 is 15.0 Å². The summed E-state index contributed by atoms with van der Waals surface area (Å²) < 4.78 is 5.18. The van der Waals surface area contributed by atoms with Crippen molar-refractivity contribution >= 4 is 5.91 Å². The summed E-state index contributed by atoms with van der Waals surface area (Å²) in [6.07, 6.45) is 4.17. The number of methoxy groups -OCH3 is 1. The van der Waals surface area contributed by atoms with E-state index in [0.29, 0.717) is 12.5 Å². The number of carbonyl (C=O) groups excluding carboxylic acids is 1. The lowest BCUT2D eigenvalue weighted by Crippen LogP contribution is -2.36. The Morgan fingerprint density at radius 3 is 2.69 bits per heavy atom. The highest BCUT2D eigenvalue weighted by Gasteiger charge is 2.30. The van der Waals surface area contributed by atoms with E-state index in [2.05, 4.69) is 5.32 Å². The highest BCUT2D eigenvalue weighted by molar-refractivity contribution is 5.75. The fourth-order valence-corrected chi connectivity index (χ4v) is 1.79. The summed E-state index contributed by atoms with van der Waals surface area (Å²) >= 11 is 0. The van der Waals surface area contributed by atoms with Crippen LogP contribution in [0.2, 0.25) is 0 Å². The maximum atomic E-state index is 11.3. The van der Waals surface area contributed by atoms with Gasteiger partial charge in [0.2, 0.25) is 5.91 Å². The number of hydrogen-bond acceptors (Lipinski definition) is 3. The van der Waals surface area contributed by atoms with Crippen molar-refractivity contribution in [2.75, 3.05) is 34.4 Å². The van der Waals surface area contributed by atoms with Crippen molar-refractivity contribution in [3.8, 4) is 0 Å². The number of carbonyl (C=O) groups is 1. The molecule has 0 spiro atoms. The third-order valence-corrected chi connectivity index (χ3v) is 3.01. The monoisotopic (exact) mass is 228 g/mol. The van der Waals surface area contributed by atoms with Gasteiger partial charge in [-0.1, -0.05) is 0 Å². The van der Waals surface area contributed by atoms with Gasteiger partial charge in [0.1, 0.15) is 0 Å². The third kappa shape index (κ3) is 4.94. The summed E-state index contributed by atoms with van der Waals surface area (Å²) in [6.45, 7) is 1.69. The predicted octanol–water partition coefficient (Wildman–Crippen LogP) is 0.869. The third-order valence-electron chi connectivity index (χ3n) is 3.01. The molecule has 1 amide bonds. The molecular weight excluding hydrogens is 204 g/mol. The Labute approximate surface area is 98.3 Å². The Morgan fingerprint density at radius 1 is 1.50 bits per heavy atom. The molecule has 0 bridgehead atoms. The highest BCUT2D eigenvalue weighted by atomic mass is 16.5. The van der Waals surface area contributed by atoms with E-state index in [4.69, 9.17) is 4.74 Å². The van der Waals surface area contributed by atoms with Crippen molar-refractivity contribution in [3.63, 3.8) is 0 Å². The summed E-state index contributed by atoms with van der Waals surface area (Å²) in [5.74, 6) is 1.00. The molecule has 0 aromatic rings. The first-order valence-corrected chi connectivity index (χ1v) is 6.07. The number of nitrogens with zero attached hydrogens (tertiary/aromatic N) is 1. The fraction of sp³-hybridized carbons (Fsp3) is 0.917. The second kappa shape index (κ2) is 6.86. The quantitative estimate of drug-likeness (QED) is 0.627. The first-order chi connectivity index (χ1) is 7.65. The van der Waals surface area contributed by atoms with Gasteiger partial charge in [-0.3, -0.25) is 4.79 Å².